The van der Waals surface area contributed by atoms with Gasteiger partial charge in [-0.2, -0.15) is 0 Å². The molecular formula is C12H25NO2. The summed E-state index contributed by atoms with van der Waals surface area (Å²) >= 11 is 0. The van der Waals surface area contributed by atoms with Gasteiger partial charge in [-0.05, 0) is 25.8 Å². The molecule has 0 aromatic heterocycles. The van der Waals surface area contributed by atoms with Gasteiger partial charge in [0.05, 0.1) is 12.2 Å². The van der Waals surface area contributed by atoms with Crippen LogP contribution in [0.15, 0.2) is 0 Å². The first-order chi connectivity index (χ1) is 7.33. The number of methoxy groups -OCH3 is 1. The van der Waals surface area contributed by atoms with Crippen LogP contribution in [0.4, 0.5) is 0 Å². The second-order valence-corrected chi connectivity index (χ2v) is 4.26. The normalized spacial score (nSPS) is 30.2. The molecule has 3 unspecified atom stereocenters. The van der Waals surface area contributed by atoms with Crippen molar-refractivity contribution < 1.29 is 9.47 Å². The maximum absolute atomic E-state index is 5.77. The summed E-state index contributed by atoms with van der Waals surface area (Å²) in [6.07, 6.45) is 5.20. The smallest absolute Gasteiger partial charge is 0.0986 e. The van der Waals surface area contributed by atoms with Crippen LogP contribution < -0.4 is 5.32 Å². The van der Waals surface area contributed by atoms with E-state index in [9.17, 15) is 0 Å². The van der Waals surface area contributed by atoms with Crippen molar-refractivity contribution in [2.75, 3.05) is 20.3 Å². The van der Waals surface area contributed by atoms with Crippen molar-refractivity contribution in [2.24, 2.45) is 0 Å². The fourth-order valence-electron chi connectivity index (χ4n) is 1.97. The zero-order valence-electron chi connectivity index (χ0n) is 10.3. The van der Waals surface area contributed by atoms with Crippen LogP contribution in [-0.2, 0) is 9.47 Å². The zero-order chi connectivity index (χ0) is 11.1. The second-order valence-electron chi connectivity index (χ2n) is 4.26. The first kappa shape index (κ1) is 12.9. The lowest BCUT2D eigenvalue weighted by molar-refractivity contribution is -0.134. The van der Waals surface area contributed by atoms with E-state index >= 15 is 0 Å². The quantitative estimate of drug-likeness (QED) is 0.628. The summed E-state index contributed by atoms with van der Waals surface area (Å²) < 4.78 is 11.2. The van der Waals surface area contributed by atoms with Gasteiger partial charge in [0.1, 0.15) is 0 Å². The van der Waals surface area contributed by atoms with Gasteiger partial charge in [0.15, 0.2) is 0 Å². The van der Waals surface area contributed by atoms with E-state index in [0.29, 0.717) is 12.1 Å². The van der Waals surface area contributed by atoms with Crippen molar-refractivity contribution in [3.63, 3.8) is 0 Å². The largest absolute Gasteiger partial charge is 0.377 e. The number of unbranched alkanes of at least 4 members (excludes halogenated alkanes) is 1. The summed E-state index contributed by atoms with van der Waals surface area (Å²) in [5, 5.41) is 3.49. The lowest BCUT2D eigenvalue weighted by Crippen LogP contribution is -2.59. The van der Waals surface area contributed by atoms with Crippen molar-refractivity contribution in [2.45, 2.75) is 57.8 Å². The fourth-order valence-corrected chi connectivity index (χ4v) is 1.97. The van der Waals surface area contributed by atoms with Gasteiger partial charge in [-0.25, -0.2) is 0 Å². The summed E-state index contributed by atoms with van der Waals surface area (Å²) in [6.45, 7) is 6.32. The SMILES string of the molecule is CCCCOC1CC(NCCC)C1OC. The number of ether oxygens (including phenoxy) is 2. The average molecular weight is 215 g/mol. The highest BCUT2D eigenvalue weighted by Crippen LogP contribution is 2.27. The highest BCUT2D eigenvalue weighted by molar-refractivity contribution is 4.96. The van der Waals surface area contributed by atoms with E-state index in [4.69, 9.17) is 9.47 Å². The lowest BCUT2D eigenvalue weighted by Gasteiger charge is -2.43. The topological polar surface area (TPSA) is 30.5 Å². The molecule has 3 heteroatoms. The highest BCUT2D eigenvalue weighted by Gasteiger charge is 2.41. The van der Waals surface area contributed by atoms with Gasteiger partial charge >= 0.3 is 0 Å². The summed E-state index contributed by atoms with van der Waals surface area (Å²) in [5.74, 6) is 0. The molecule has 90 valence electrons. The monoisotopic (exact) mass is 215 g/mol. The molecule has 0 bridgehead atoms. The van der Waals surface area contributed by atoms with Gasteiger partial charge < -0.3 is 14.8 Å². The van der Waals surface area contributed by atoms with E-state index in [-0.39, 0.29) is 6.10 Å². The van der Waals surface area contributed by atoms with Crippen LogP contribution >= 0.6 is 0 Å². The molecule has 1 N–H and O–H groups in total. The molecule has 0 spiro atoms. The second kappa shape index (κ2) is 7.20. The molecule has 1 rings (SSSR count). The summed E-state index contributed by atoms with van der Waals surface area (Å²) in [6, 6.07) is 0.501. The number of rotatable bonds is 8. The minimum Gasteiger partial charge on any atom is -0.377 e. The average Bonchev–Trinajstić information content (AvgIpc) is 2.22. The molecular weight excluding hydrogens is 190 g/mol. The van der Waals surface area contributed by atoms with Crippen LogP contribution in [0.25, 0.3) is 0 Å². The summed E-state index contributed by atoms with van der Waals surface area (Å²) in [4.78, 5) is 0. The van der Waals surface area contributed by atoms with E-state index in [1.54, 1.807) is 7.11 Å². The summed E-state index contributed by atoms with van der Waals surface area (Å²) in [5.41, 5.74) is 0. The van der Waals surface area contributed by atoms with Gasteiger partial charge in [0, 0.05) is 19.8 Å². The molecule has 0 amide bonds. The van der Waals surface area contributed by atoms with Crippen LogP contribution in [0.5, 0.6) is 0 Å². The maximum Gasteiger partial charge on any atom is 0.0986 e. The Morgan fingerprint density at radius 1 is 1.27 bits per heavy atom. The number of hydrogen-bond acceptors (Lipinski definition) is 3. The van der Waals surface area contributed by atoms with Gasteiger partial charge in [-0.3, -0.25) is 0 Å². The molecule has 1 aliphatic carbocycles. The molecule has 0 aromatic carbocycles. The first-order valence-electron chi connectivity index (χ1n) is 6.21. The van der Waals surface area contributed by atoms with Crippen LogP contribution in [-0.4, -0.2) is 38.5 Å². The maximum atomic E-state index is 5.77. The molecule has 0 radical (unpaired) electrons. The molecule has 1 aliphatic rings. The Bertz CT molecular complexity index is 164. The third kappa shape index (κ3) is 3.74. The van der Waals surface area contributed by atoms with E-state index < -0.39 is 0 Å². The van der Waals surface area contributed by atoms with Crippen LogP contribution in [0.3, 0.4) is 0 Å². The predicted molar refractivity (Wildman–Crippen MR) is 62.1 cm³/mol. The van der Waals surface area contributed by atoms with Crippen LogP contribution in [0.2, 0.25) is 0 Å². The minimum atomic E-state index is 0.258. The van der Waals surface area contributed by atoms with Gasteiger partial charge in [-0.1, -0.05) is 20.3 Å². The Hall–Kier alpha value is -0.120. The first-order valence-corrected chi connectivity index (χ1v) is 6.21. The summed E-state index contributed by atoms with van der Waals surface area (Å²) in [7, 11) is 1.78. The van der Waals surface area contributed by atoms with E-state index in [1.165, 1.54) is 12.8 Å². The van der Waals surface area contributed by atoms with E-state index in [1.807, 2.05) is 0 Å². The van der Waals surface area contributed by atoms with E-state index in [0.717, 1.165) is 26.0 Å². The van der Waals surface area contributed by atoms with Crippen LogP contribution in [0.1, 0.15) is 39.5 Å². The van der Waals surface area contributed by atoms with Crippen molar-refractivity contribution in [1.82, 2.24) is 5.32 Å². The Morgan fingerprint density at radius 3 is 2.67 bits per heavy atom. The fraction of sp³-hybridized carbons (Fsp3) is 1.00. The molecule has 0 heterocycles. The lowest BCUT2D eigenvalue weighted by atomic mass is 9.85. The zero-order valence-corrected chi connectivity index (χ0v) is 10.3. The van der Waals surface area contributed by atoms with Gasteiger partial charge in [-0.15, -0.1) is 0 Å². The Morgan fingerprint density at radius 2 is 2.07 bits per heavy atom. The Kier molecular flexibility index (Phi) is 6.22. The third-order valence-corrected chi connectivity index (χ3v) is 3.01. The standard InChI is InChI=1S/C12H25NO2/c1-4-6-8-15-11-9-10(12(11)14-3)13-7-5-2/h10-13H,4-9H2,1-3H3. The molecule has 0 aromatic rings. The number of nitrogens with one attached hydrogen (secondary N) is 1. The van der Waals surface area contributed by atoms with Crippen molar-refractivity contribution >= 4 is 0 Å². The van der Waals surface area contributed by atoms with Crippen molar-refractivity contribution in [3.05, 3.63) is 0 Å². The third-order valence-electron chi connectivity index (χ3n) is 3.01. The molecule has 3 atom stereocenters. The van der Waals surface area contributed by atoms with Gasteiger partial charge in [0.2, 0.25) is 0 Å². The minimum absolute atomic E-state index is 0.258. The van der Waals surface area contributed by atoms with Gasteiger partial charge in [0.25, 0.3) is 0 Å². The molecule has 3 nitrogen and oxygen atoms in total. The number of hydrogen-bond donors (Lipinski definition) is 1. The Balaban J connectivity index is 2.15. The molecule has 1 saturated carbocycles. The molecule has 15 heavy (non-hydrogen) atoms. The van der Waals surface area contributed by atoms with E-state index in [2.05, 4.69) is 19.2 Å². The van der Waals surface area contributed by atoms with Crippen LogP contribution in [0, 0.1) is 0 Å². The molecule has 1 fully saturated rings. The highest BCUT2D eigenvalue weighted by atomic mass is 16.5. The van der Waals surface area contributed by atoms with Crippen molar-refractivity contribution in [1.29, 1.82) is 0 Å². The Labute approximate surface area is 93.5 Å². The molecule has 0 saturated heterocycles. The predicted octanol–water partition coefficient (Wildman–Crippen LogP) is 1.96. The molecule has 0 aliphatic heterocycles. The van der Waals surface area contributed by atoms with Crippen molar-refractivity contribution in [3.8, 4) is 0 Å².